The molecule has 3 aliphatic rings. The van der Waals surface area contributed by atoms with Gasteiger partial charge in [0.2, 0.25) is 0 Å². The maximum Gasteiger partial charge on any atom is 0.193 e. The highest BCUT2D eigenvalue weighted by atomic mass is 127. The minimum Gasteiger partial charge on any atom is -0.374 e. The third-order valence-corrected chi connectivity index (χ3v) is 6.15. The molecule has 1 aromatic rings. The van der Waals surface area contributed by atoms with Crippen molar-refractivity contribution in [3.05, 3.63) is 16.1 Å². The number of aromatic nitrogens is 1. The van der Waals surface area contributed by atoms with E-state index in [0.717, 1.165) is 31.3 Å². The summed E-state index contributed by atoms with van der Waals surface area (Å²) in [5.41, 5.74) is 3.03. The monoisotopic (exact) mass is 434 g/mol. The molecule has 3 aliphatic heterocycles. The summed E-state index contributed by atoms with van der Waals surface area (Å²) in [6, 6.07) is 0. The second-order valence-electron chi connectivity index (χ2n) is 6.28. The molecule has 4 atom stereocenters. The van der Waals surface area contributed by atoms with Gasteiger partial charge in [0.15, 0.2) is 5.96 Å². The number of thiazole rings is 1. The predicted octanol–water partition coefficient (Wildman–Crippen LogP) is 2.25. The Balaban J connectivity index is 0.00000144. The molecule has 0 radical (unpaired) electrons. The summed E-state index contributed by atoms with van der Waals surface area (Å²) in [7, 11) is 1.88. The van der Waals surface area contributed by atoms with Crippen molar-refractivity contribution in [1.82, 2.24) is 15.2 Å². The molecular formula is C15H23IN4OS. The van der Waals surface area contributed by atoms with Gasteiger partial charge in [0, 0.05) is 36.9 Å². The first kappa shape index (κ1) is 16.4. The molecule has 3 saturated heterocycles. The van der Waals surface area contributed by atoms with E-state index in [1.807, 2.05) is 12.6 Å². The number of rotatable bonds is 2. The minimum atomic E-state index is 0. The highest BCUT2D eigenvalue weighted by molar-refractivity contribution is 14.0. The summed E-state index contributed by atoms with van der Waals surface area (Å²) < 4.78 is 6.04. The lowest BCUT2D eigenvalue weighted by atomic mass is 9.82. The van der Waals surface area contributed by atoms with E-state index in [0.29, 0.717) is 24.0 Å². The maximum atomic E-state index is 6.04. The van der Waals surface area contributed by atoms with Crippen molar-refractivity contribution < 1.29 is 4.74 Å². The Bertz CT molecular complexity index is 545. The highest BCUT2D eigenvalue weighted by Crippen LogP contribution is 2.47. The number of nitrogens with zero attached hydrogens (tertiary/aromatic N) is 3. The Morgan fingerprint density at radius 1 is 1.41 bits per heavy atom. The smallest absolute Gasteiger partial charge is 0.193 e. The van der Waals surface area contributed by atoms with Gasteiger partial charge in [0.25, 0.3) is 0 Å². The molecular weight excluding hydrogens is 411 g/mol. The molecule has 0 spiro atoms. The molecule has 0 amide bonds. The van der Waals surface area contributed by atoms with Gasteiger partial charge in [-0.2, -0.15) is 0 Å². The number of guanidine groups is 1. The number of hydrogen-bond acceptors (Lipinski definition) is 4. The number of ether oxygens (including phenoxy) is 1. The summed E-state index contributed by atoms with van der Waals surface area (Å²) in [4.78, 5) is 12.5. The van der Waals surface area contributed by atoms with E-state index < -0.39 is 0 Å². The van der Waals surface area contributed by atoms with Crippen LogP contribution < -0.4 is 5.32 Å². The van der Waals surface area contributed by atoms with Crippen LogP contribution in [0, 0.1) is 18.8 Å². The van der Waals surface area contributed by atoms with Gasteiger partial charge in [-0.15, -0.1) is 35.3 Å². The van der Waals surface area contributed by atoms with Crippen LogP contribution in [0.25, 0.3) is 0 Å². The van der Waals surface area contributed by atoms with Gasteiger partial charge >= 0.3 is 0 Å². The molecule has 0 aromatic carbocycles. The first-order valence-electron chi connectivity index (χ1n) is 7.76. The number of fused-ring (bicyclic) bond motifs is 5. The number of halogens is 1. The van der Waals surface area contributed by atoms with Crippen molar-refractivity contribution in [3.8, 4) is 0 Å². The van der Waals surface area contributed by atoms with Crippen molar-refractivity contribution in [1.29, 1.82) is 0 Å². The number of aryl methyl sites for hydroxylation is 1. The molecule has 4 rings (SSSR count). The average molecular weight is 434 g/mol. The molecule has 4 unspecified atom stereocenters. The average Bonchev–Trinajstić information content (AvgIpc) is 3.20. The summed E-state index contributed by atoms with van der Waals surface area (Å²) in [5, 5.41) is 3.50. The van der Waals surface area contributed by atoms with Crippen LogP contribution >= 0.6 is 35.3 Å². The number of aliphatic imine (C=N–C) groups is 1. The van der Waals surface area contributed by atoms with Crippen molar-refractivity contribution in [2.75, 3.05) is 20.1 Å². The van der Waals surface area contributed by atoms with E-state index in [9.17, 15) is 0 Å². The molecule has 22 heavy (non-hydrogen) atoms. The van der Waals surface area contributed by atoms with Crippen LogP contribution in [0.5, 0.6) is 0 Å². The summed E-state index contributed by atoms with van der Waals surface area (Å²) in [6.07, 6.45) is 3.52. The fraction of sp³-hybridized carbons (Fsp3) is 0.733. The Labute approximate surface area is 152 Å². The molecule has 0 aliphatic carbocycles. The van der Waals surface area contributed by atoms with Crippen LogP contribution in [0.4, 0.5) is 0 Å². The largest absolute Gasteiger partial charge is 0.374 e. The van der Waals surface area contributed by atoms with Gasteiger partial charge in [-0.25, -0.2) is 4.98 Å². The maximum absolute atomic E-state index is 6.04. The lowest BCUT2D eigenvalue weighted by Crippen LogP contribution is -2.40. The zero-order chi connectivity index (χ0) is 14.4. The lowest BCUT2D eigenvalue weighted by Gasteiger charge is -2.23. The minimum absolute atomic E-state index is 0. The summed E-state index contributed by atoms with van der Waals surface area (Å²) >= 11 is 1.70. The third kappa shape index (κ3) is 2.75. The second kappa shape index (κ2) is 6.60. The standard InChI is InChI=1S/C15H22N4OS.HI/c1-9-14(21-8-18-9)5-17-15(16-2)19-6-10-11(7-19)13-4-3-12(10)20-13;/h8,10-13H,3-7H2,1-2H3,(H,16,17);1H. The van der Waals surface area contributed by atoms with E-state index in [2.05, 4.69) is 27.1 Å². The Kier molecular flexibility index (Phi) is 4.94. The van der Waals surface area contributed by atoms with Gasteiger partial charge in [-0.05, 0) is 19.8 Å². The van der Waals surface area contributed by atoms with Crippen LogP contribution in [0.3, 0.4) is 0 Å². The molecule has 1 N–H and O–H groups in total. The zero-order valence-electron chi connectivity index (χ0n) is 13.0. The first-order valence-corrected chi connectivity index (χ1v) is 8.64. The van der Waals surface area contributed by atoms with E-state index in [1.165, 1.54) is 17.7 Å². The second-order valence-corrected chi connectivity index (χ2v) is 7.22. The van der Waals surface area contributed by atoms with Gasteiger partial charge < -0.3 is 15.0 Å². The van der Waals surface area contributed by atoms with E-state index in [4.69, 9.17) is 4.74 Å². The van der Waals surface area contributed by atoms with Gasteiger partial charge in [0.1, 0.15) is 0 Å². The summed E-state index contributed by atoms with van der Waals surface area (Å²) in [6.45, 7) is 5.06. The zero-order valence-corrected chi connectivity index (χ0v) is 16.1. The summed E-state index contributed by atoms with van der Waals surface area (Å²) in [5.74, 6) is 2.46. The third-order valence-electron chi connectivity index (χ3n) is 5.22. The van der Waals surface area contributed by atoms with E-state index >= 15 is 0 Å². The molecule has 0 saturated carbocycles. The lowest BCUT2D eigenvalue weighted by molar-refractivity contribution is 0.0767. The fourth-order valence-electron chi connectivity index (χ4n) is 4.12. The Hall–Kier alpha value is -0.410. The van der Waals surface area contributed by atoms with Crippen LogP contribution in [0.15, 0.2) is 10.5 Å². The van der Waals surface area contributed by atoms with Crippen molar-refractivity contribution in [2.24, 2.45) is 16.8 Å². The quantitative estimate of drug-likeness (QED) is 0.441. The van der Waals surface area contributed by atoms with Crippen molar-refractivity contribution in [3.63, 3.8) is 0 Å². The van der Waals surface area contributed by atoms with Gasteiger partial charge in [0.05, 0.1) is 30.0 Å². The van der Waals surface area contributed by atoms with Gasteiger partial charge in [-0.3, -0.25) is 4.99 Å². The van der Waals surface area contributed by atoms with Crippen LogP contribution in [0.2, 0.25) is 0 Å². The molecule has 7 heteroatoms. The first-order chi connectivity index (χ1) is 10.3. The number of likely N-dealkylation sites (tertiary alicyclic amines) is 1. The molecule has 122 valence electrons. The molecule has 4 heterocycles. The molecule has 2 bridgehead atoms. The van der Waals surface area contributed by atoms with E-state index in [1.54, 1.807) is 11.3 Å². The van der Waals surface area contributed by atoms with Crippen LogP contribution in [-0.2, 0) is 11.3 Å². The molecule has 1 aromatic heterocycles. The Morgan fingerprint density at radius 3 is 2.64 bits per heavy atom. The van der Waals surface area contributed by atoms with E-state index in [-0.39, 0.29) is 24.0 Å². The topological polar surface area (TPSA) is 49.8 Å². The SMILES string of the molecule is CN=C(NCc1scnc1C)N1CC2C3CCC(O3)C2C1.I. The predicted molar refractivity (Wildman–Crippen MR) is 98.9 cm³/mol. The molecule has 3 fully saturated rings. The Morgan fingerprint density at radius 2 is 2.09 bits per heavy atom. The molecule has 5 nitrogen and oxygen atoms in total. The number of nitrogens with one attached hydrogen (secondary N) is 1. The fourth-order valence-corrected chi connectivity index (χ4v) is 4.84. The highest BCUT2D eigenvalue weighted by Gasteiger charge is 2.53. The van der Waals surface area contributed by atoms with Crippen LogP contribution in [0.1, 0.15) is 23.4 Å². The van der Waals surface area contributed by atoms with Crippen LogP contribution in [-0.4, -0.2) is 48.2 Å². The van der Waals surface area contributed by atoms with Gasteiger partial charge in [-0.1, -0.05) is 0 Å². The number of hydrogen-bond donors (Lipinski definition) is 1. The normalized spacial score (nSPS) is 33.0. The van der Waals surface area contributed by atoms with Crippen molar-refractivity contribution >= 4 is 41.3 Å². The van der Waals surface area contributed by atoms with Crippen molar-refractivity contribution in [2.45, 2.75) is 38.5 Å².